The molecule has 216 valence electrons. The first-order valence-electron chi connectivity index (χ1n) is 13.0. The molecule has 1 fully saturated rings. The zero-order chi connectivity index (χ0) is 29.2. The summed E-state index contributed by atoms with van der Waals surface area (Å²) in [6.45, 7) is 2.37. The molecule has 0 amide bonds. The van der Waals surface area contributed by atoms with E-state index in [0.29, 0.717) is 41.2 Å². The number of pyridine rings is 1. The molecular weight excluding hydrogens is 548 g/mol. The van der Waals surface area contributed by atoms with Gasteiger partial charge in [0.2, 0.25) is 0 Å². The van der Waals surface area contributed by atoms with Crippen LogP contribution >= 0.6 is 0 Å². The van der Waals surface area contributed by atoms with E-state index in [9.17, 15) is 26.3 Å². The van der Waals surface area contributed by atoms with Gasteiger partial charge >= 0.3 is 12.4 Å². The van der Waals surface area contributed by atoms with Crippen molar-refractivity contribution in [3.8, 4) is 11.3 Å². The molecule has 2 aromatic carbocycles. The van der Waals surface area contributed by atoms with E-state index in [-0.39, 0.29) is 17.4 Å². The lowest BCUT2D eigenvalue weighted by atomic mass is 10.0. The SMILES string of the molecule is COC1CCN(CCc2nc(Nc3ccc(C(F)(F)F)cc3)c3ccc(-c4ncccc4C(F)(F)F)cc3n2)CC1. The summed E-state index contributed by atoms with van der Waals surface area (Å²) < 4.78 is 85.6. The van der Waals surface area contributed by atoms with Crippen molar-refractivity contribution >= 4 is 22.4 Å². The van der Waals surface area contributed by atoms with Crippen LogP contribution in [-0.4, -0.2) is 52.7 Å². The molecule has 0 aliphatic carbocycles. The van der Waals surface area contributed by atoms with Gasteiger partial charge in [-0.3, -0.25) is 4.98 Å². The normalized spacial score (nSPS) is 15.4. The number of nitrogens with one attached hydrogen (secondary N) is 1. The van der Waals surface area contributed by atoms with Gasteiger partial charge in [-0.15, -0.1) is 0 Å². The Morgan fingerprint density at radius 2 is 1.66 bits per heavy atom. The third-order valence-corrected chi connectivity index (χ3v) is 7.12. The highest BCUT2D eigenvalue weighted by molar-refractivity contribution is 5.93. The molecular formula is C29H27F6N5O. The topological polar surface area (TPSA) is 63.2 Å². The van der Waals surface area contributed by atoms with Crippen LogP contribution in [0.4, 0.5) is 37.8 Å². The van der Waals surface area contributed by atoms with Crippen molar-refractivity contribution in [3.63, 3.8) is 0 Å². The minimum Gasteiger partial charge on any atom is -0.381 e. The fourth-order valence-corrected chi connectivity index (χ4v) is 4.90. The summed E-state index contributed by atoms with van der Waals surface area (Å²) in [5, 5.41) is 3.57. The molecule has 3 heterocycles. The number of methoxy groups -OCH3 is 1. The minimum atomic E-state index is -4.60. The number of hydrogen-bond donors (Lipinski definition) is 1. The lowest BCUT2D eigenvalue weighted by Gasteiger charge is -2.30. The Balaban J connectivity index is 1.50. The van der Waals surface area contributed by atoms with E-state index >= 15 is 0 Å². The molecule has 5 rings (SSSR count). The van der Waals surface area contributed by atoms with Crippen LogP contribution in [0, 0.1) is 0 Å². The summed E-state index contributed by atoms with van der Waals surface area (Å²) in [5.41, 5.74) is -0.875. The second kappa shape index (κ2) is 11.6. The van der Waals surface area contributed by atoms with Crippen molar-refractivity contribution in [3.05, 3.63) is 77.7 Å². The van der Waals surface area contributed by atoms with Crippen LogP contribution in [0.1, 0.15) is 29.8 Å². The Labute approximate surface area is 232 Å². The molecule has 2 aromatic heterocycles. The van der Waals surface area contributed by atoms with E-state index in [2.05, 4.69) is 25.2 Å². The van der Waals surface area contributed by atoms with Crippen LogP contribution in [0.25, 0.3) is 22.2 Å². The summed E-state index contributed by atoms with van der Waals surface area (Å²) in [6, 6.07) is 11.4. The maximum atomic E-state index is 13.7. The molecule has 12 heteroatoms. The number of benzene rings is 2. The van der Waals surface area contributed by atoms with Crippen LogP contribution in [0.3, 0.4) is 0 Å². The van der Waals surface area contributed by atoms with Gasteiger partial charge in [-0.05, 0) is 61.4 Å². The van der Waals surface area contributed by atoms with Crippen LogP contribution < -0.4 is 5.32 Å². The number of likely N-dealkylation sites (tertiary alicyclic amines) is 1. The average molecular weight is 576 g/mol. The van der Waals surface area contributed by atoms with E-state index in [1.165, 1.54) is 36.5 Å². The van der Waals surface area contributed by atoms with Gasteiger partial charge < -0.3 is 15.0 Å². The number of ether oxygens (including phenoxy) is 1. The Morgan fingerprint density at radius 1 is 0.927 bits per heavy atom. The number of aromatic nitrogens is 3. The zero-order valence-electron chi connectivity index (χ0n) is 22.1. The Hall–Kier alpha value is -3.77. The van der Waals surface area contributed by atoms with Gasteiger partial charge in [-0.2, -0.15) is 26.3 Å². The lowest BCUT2D eigenvalue weighted by molar-refractivity contribution is -0.138. The smallest absolute Gasteiger partial charge is 0.381 e. The number of piperidine rings is 1. The molecule has 0 spiro atoms. The fourth-order valence-electron chi connectivity index (χ4n) is 4.90. The fraction of sp³-hybridized carbons (Fsp3) is 0.345. The highest BCUT2D eigenvalue weighted by atomic mass is 19.4. The van der Waals surface area contributed by atoms with E-state index in [1.54, 1.807) is 13.2 Å². The van der Waals surface area contributed by atoms with Crippen LogP contribution in [0.15, 0.2) is 60.8 Å². The number of rotatable bonds is 7. The predicted molar refractivity (Wildman–Crippen MR) is 143 cm³/mol. The first-order valence-corrected chi connectivity index (χ1v) is 13.0. The number of alkyl halides is 6. The van der Waals surface area contributed by atoms with E-state index in [1.807, 2.05) is 0 Å². The quantitative estimate of drug-likeness (QED) is 0.237. The van der Waals surface area contributed by atoms with E-state index in [0.717, 1.165) is 44.1 Å². The van der Waals surface area contributed by atoms with Gasteiger partial charge in [0.1, 0.15) is 11.6 Å². The van der Waals surface area contributed by atoms with Gasteiger partial charge in [0.15, 0.2) is 0 Å². The molecule has 1 aliphatic heterocycles. The van der Waals surface area contributed by atoms with Crippen molar-refractivity contribution in [2.24, 2.45) is 0 Å². The number of fused-ring (bicyclic) bond motifs is 1. The molecule has 1 N–H and O–H groups in total. The molecule has 1 aliphatic rings. The van der Waals surface area contributed by atoms with Crippen molar-refractivity contribution < 1.29 is 31.1 Å². The van der Waals surface area contributed by atoms with Gasteiger partial charge in [-0.25, -0.2) is 9.97 Å². The highest BCUT2D eigenvalue weighted by Crippen LogP contribution is 2.37. The lowest BCUT2D eigenvalue weighted by Crippen LogP contribution is -2.37. The highest BCUT2D eigenvalue weighted by Gasteiger charge is 2.34. The Bertz CT molecular complexity index is 1500. The molecule has 4 aromatic rings. The van der Waals surface area contributed by atoms with Gasteiger partial charge in [0.05, 0.1) is 28.4 Å². The Kier molecular flexibility index (Phi) is 8.14. The average Bonchev–Trinajstić information content (AvgIpc) is 2.95. The molecule has 1 saturated heterocycles. The van der Waals surface area contributed by atoms with Gasteiger partial charge in [0, 0.05) is 56.0 Å². The van der Waals surface area contributed by atoms with Gasteiger partial charge in [0.25, 0.3) is 0 Å². The maximum Gasteiger partial charge on any atom is 0.418 e. The third-order valence-electron chi connectivity index (χ3n) is 7.12. The Morgan fingerprint density at radius 3 is 2.32 bits per heavy atom. The number of nitrogens with zero attached hydrogens (tertiary/aromatic N) is 4. The first-order chi connectivity index (χ1) is 19.5. The summed E-state index contributed by atoms with van der Waals surface area (Å²) in [7, 11) is 1.70. The maximum absolute atomic E-state index is 13.7. The standard InChI is InChI=1S/C29H27F6N5O/c1-41-21-10-14-40(15-11-21)16-12-25-38-24-17-18(26-23(29(33,34)35)3-2-13-36-26)4-9-22(24)27(39-25)37-20-7-5-19(6-8-20)28(30,31)32/h2-9,13,17,21H,10-12,14-16H2,1H3,(H,37,38,39). The van der Waals surface area contributed by atoms with E-state index in [4.69, 9.17) is 4.74 Å². The summed E-state index contributed by atoms with van der Waals surface area (Å²) in [5.74, 6) is 0.793. The van der Waals surface area contributed by atoms with Crippen molar-refractivity contribution in [2.75, 3.05) is 32.1 Å². The molecule has 0 radical (unpaired) electrons. The summed E-state index contributed by atoms with van der Waals surface area (Å²) >= 11 is 0. The van der Waals surface area contributed by atoms with E-state index < -0.39 is 23.5 Å². The van der Waals surface area contributed by atoms with Crippen LogP contribution in [0.2, 0.25) is 0 Å². The summed E-state index contributed by atoms with van der Waals surface area (Å²) in [6.07, 6.45) is -5.26. The molecule has 6 nitrogen and oxygen atoms in total. The van der Waals surface area contributed by atoms with Crippen molar-refractivity contribution in [1.29, 1.82) is 0 Å². The summed E-state index contributed by atoms with van der Waals surface area (Å²) in [4.78, 5) is 15.6. The monoisotopic (exact) mass is 575 g/mol. The second-order valence-electron chi connectivity index (χ2n) is 9.84. The van der Waals surface area contributed by atoms with Gasteiger partial charge in [-0.1, -0.05) is 6.07 Å². The largest absolute Gasteiger partial charge is 0.418 e. The number of hydrogen-bond acceptors (Lipinski definition) is 6. The minimum absolute atomic E-state index is 0.222. The van der Waals surface area contributed by atoms with Crippen LogP contribution in [-0.2, 0) is 23.5 Å². The molecule has 0 bridgehead atoms. The predicted octanol–water partition coefficient (Wildman–Crippen LogP) is 7.13. The molecule has 41 heavy (non-hydrogen) atoms. The molecule has 0 atom stereocenters. The first kappa shape index (κ1) is 28.7. The number of halogens is 6. The molecule has 0 saturated carbocycles. The zero-order valence-corrected chi connectivity index (χ0v) is 22.1. The van der Waals surface area contributed by atoms with Crippen LogP contribution in [0.5, 0.6) is 0 Å². The van der Waals surface area contributed by atoms with Crippen molar-refractivity contribution in [1.82, 2.24) is 19.9 Å². The molecule has 0 unspecified atom stereocenters. The number of anilines is 2. The van der Waals surface area contributed by atoms with Crippen molar-refractivity contribution in [2.45, 2.75) is 37.7 Å². The second-order valence-corrected chi connectivity index (χ2v) is 9.84. The third kappa shape index (κ3) is 6.76.